The molecule has 0 atom stereocenters. The van der Waals surface area contributed by atoms with Gasteiger partial charge in [-0.15, -0.1) is 11.3 Å². The summed E-state index contributed by atoms with van der Waals surface area (Å²) in [5, 5.41) is 11.7. The van der Waals surface area contributed by atoms with Gasteiger partial charge in [-0.3, -0.25) is 4.79 Å². The van der Waals surface area contributed by atoms with Crippen LogP contribution in [0.5, 0.6) is 0 Å². The number of H-pyrrole nitrogens is 1. The van der Waals surface area contributed by atoms with E-state index in [0.717, 1.165) is 15.6 Å². The fourth-order valence-electron chi connectivity index (χ4n) is 1.62. The normalized spacial score (nSPS) is 10.7. The first-order valence-corrected chi connectivity index (χ1v) is 6.22. The van der Waals surface area contributed by atoms with Crippen molar-refractivity contribution in [1.29, 1.82) is 0 Å². The molecule has 18 heavy (non-hydrogen) atoms. The van der Waals surface area contributed by atoms with Gasteiger partial charge in [0.25, 0.3) is 5.56 Å². The summed E-state index contributed by atoms with van der Waals surface area (Å²) in [6, 6.07) is 7.62. The quantitative estimate of drug-likeness (QED) is 0.764. The van der Waals surface area contributed by atoms with E-state index in [1.54, 1.807) is 35.2 Å². The van der Waals surface area contributed by atoms with Gasteiger partial charge in [-0.05, 0) is 31.2 Å². The predicted molar refractivity (Wildman–Crippen MR) is 70.0 cm³/mol. The van der Waals surface area contributed by atoms with Gasteiger partial charge in [-0.2, -0.15) is 10.2 Å². The van der Waals surface area contributed by atoms with Crippen LogP contribution in [0.4, 0.5) is 0 Å². The van der Waals surface area contributed by atoms with Gasteiger partial charge >= 0.3 is 0 Å². The Kier molecular flexibility index (Phi) is 2.56. The smallest absolute Gasteiger partial charge is 0.267 e. The molecule has 3 aromatic rings. The summed E-state index contributed by atoms with van der Waals surface area (Å²) in [4.78, 5) is 12.3. The van der Waals surface area contributed by atoms with Crippen molar-refractivity contribution >= 4 is 11.3 Å². The van der Waals surface area contributed by atoms with E-state index in [4.69, 9.17) is 0 Å². The Morgan fingerprint density at radius 2 is 2.28 bits per heavy atom. The molecule has 3 rings (SSSR count). The van der Waals surface area contributed by atoms with Crippen LogP contribution >= 0.6 is 11.3 Å². The maximum absolute atomic E-state index is 11.3. The molecule has 90 valence electrons. The summed E-state index contributed by atoms with van der Waals surface area (Å²) in [6.45, 7) is 1.77. The van der Waals surface area contributed by atoms with E-state index in [2.05, 4.69) is 15.3 Å². The van der Waals surface area contributed by atoms with Gasteiger partial charge in [0.15, 0.2) is 0 Å². The standard InChI is InChI=1S/C12H10N4OS/c1-8-7-9(14-15-12(8)17)10-3-4-11(18-10)16-6-2-5-13-16/h2-7H,1H3,(H,15,17). The monoisotopic (exact) mass is 258 g/mol. The Labute approximate surface area is 107 Å². The molecule has 6 heteroatoms. The van der Waals surface area contributed by atoms with Crippen molar-refractivity contribution in [2.24, 2.45) is 0 Å². The van der Waals surface area contributed by atoms with Crippen molar-refractivity contribution in [3.63, 3.8) is 0 Å². The molecule has 1 N–H and O–H groups in total. The van der Waals surface area contributed by atoms with Crippen LogP contribution in [-0.4, -0.2) is 20.0 Å². The molecule has 3 aromatic heterocycles. The molecule has 0 saturated carbocycles. The number of rotatable bonds is 2. The van der Waals surface area contributed by atoms with E-state index in [9.17, 15) is 4.79 Å². The van der Waals surface area contributed by atoms with Crippen LogP contribution < -0.4 is 5.56 Å². The highest BCUT2D eigenvalue weighted by Gasteiger charge is 2.07. The Balaban J connectivity index is 2.03. The highest BCUT2D eigenvalue weighted by molar-refractivity contribution is 7.17. The second-order valence-corrected chi connectivity index (χ2v) is 4.92. The predicted octanol–water partition coefficient (Wildman–Crippen LogP) is 1.99. The van der Waals surface area contributed by atoms with Crippen LogP contribution in [-0.2, 0) is 0 Å². The molecule has 0 aliphatic heterocycles. The first-order valence-electron chi connectivity index (χ1n) is 5.40. The number of hydrogen-bond donors (Lipinski definition) is 1. The summed E-state index contributed by atoms with van der Waals surface area (Å²) in [5.41, 5.74) is 1.28. The van der Waals surface area contributed by atoms with E-state index < -0.39 is 0 Å². The zero-order valence-electron chi connectivity index (χ0n) is 9.62. The summed E-state index contributed by atoms with van der Waals surface area (Å²) in [7, 11) is 0. The molecule has 0 amide bonds. The van der Waals surface area contributed by atoms with Gasteiger partial charge in [0.1, 0.15) is 10.7 Å². The zero-order valence-corrected chi connectivity index (χ0v) is 10.4. The summed E-state index contributed by atoms with van der Waals surface area (Å²) in [5.74, 6) is 0. The number of nitrogens with one attached hydrogen (secondary N) is 1. The third-order valence-corrected chi connectivity index (χ3v) is 3.66. The minimum atomic E-state index is -0.150. The minimum absolute atomic E-state index is 0.150. The Bertz CT molecular complexity index is 727. The topological polar surface area (TPSA) is 63.6 Å². The first kappa shape index (κ1) is 10.9. The van der Waals surface area contributed by atoms with Crippen molar-refractivity contribution in [3.05, 3.63) is 52.6 Å². The number of thiophene rings is 1. The molecule has 0 fully saturated rings. The number of nitrogens with zero attached hydrogens (tertiary/aromatic N) is 3. The second-order valence-electron chi connectivity index (χ2n) is 3.85. The number of hydrogen-bond acceptors (Lipinski definition) is 4. The molecule has 0 bridgehead atoms. The fourth-order valence-corrected chi connectivity index (χ4v) is 2.52. The van der Waals surface area contributed by atoms with Gasteiger partial charge in [-0.25, -0.2) is 9.78 Å². The third kappa shape index (κ3) is 1.86. The largest absolute Gasteiger partial charge is 0.268 e. The average molecular weight is 258 g/mol. The van der Waals surface area contributed by atoms with Gasteiger partial charge in [0.05, 0.1) is 4.88 Å². The van der Waals surface area contributed by atoms with Crippen LogP contribution in [0.3, 0.4) is 0 Å². The van der Waals surface area contributed by atoms with E-state index in [0.29, 0.717) is 5.56 Å². The Hall–Kier alpha value is -2.21. The molecule has 0 radical (unpaired) electrons. The van der Waals surface area contributed by atoms with Crippen LogP contribution in [0.2, 0.25) is 0 Å². The van der Waals surface area contributed by atoms with E-state index in [1.807, 2.05) is 24.4 Å². The van der Waals surface area contributed by atoms with E-state index in [1.165, 1.54) is 0 Å². The molecule has 0 unspecified atom stereocenters. The number of aromatic amines is 1. The molecule has 0 saturated heterocycles. The Morgan fingerprint density at radius 3 is 3.00 bits per heavy atom. The van der Waals surface area contributed by atoms with Crippen molar-refractivity contribution in [1.82, 2.24) is 20.0 Å². The lowest BCUT2D eigenvalue weighted by Crippen LogP contribution is -2.10. The van der Waals surface area contributed by atoms with E-state index >= 15 is 0 Å². The lowest BCUT2D eigenvalue weighted by atomic mass is 10.2. The summed E-state index contributed by atoms with van der Waals surface area (Å²) < 4.78 is 1.80. The van der Waals surface area contributed by atoms with Gasteiger partial charge < -0.3 is 0 Å². The van der Waals surface area contributed by atoms with Crippen LogP contribution in [0.25, 0.3) is 15.6 Å². The third-order valence-electron chi connectivity index (χ3n) is 2.56. The second kappa shape index (κ2) is 4.23. The maximum atomic E-state index is 11.3. The Morgan fingerprint density at radius 1 is 1.39 bits per heavy atom. The molecular weight excluding hydrogens is 248 g/mol. The molecule has 5 nitrogen and oxygen atoms in total. The molecule has 0 aliphatic rings. The zero-order chi connectivity index (χ0) is 12.5. The van der Waals surface area contributed by atoms with Crippen LogP contribution in [0, 0.1) is 6.92 Å². The van der Waals surface area contributed by atoms with Gasteiger partial charge in [0, 0.05) is 18.0 Å². The highest BCUT2D eigenvalue weighted by atomic mass is 32.1. The number of aromatic nitrogens is 4. The van der Waals surface area contributed by atoms with E-state index in [-0.39, 0.29) is 5.56 Å². The molecule has 0 spiro atoms. The molecule has 0 aliphatic carbocycles. The molecule has 0 aromatic carbocycles. The lowest BCUT2D eigenvalue weighted by molar-refractivity contribution is 0.898. The van der Waals surface area contributed by atoms with Crippen LogP contribution in [0.1, 0.15) is 5.56 Å². The first-order chi connectivity index (χ1) is 8.74. The highest BCUT2D eigenvalue weighted by Crippen LogP contribution is 2.28. The van der Waals surface area contributed by atoms with Crippen LogP contribution in [0.15, 0.2) is 41.5 Å². The van der Waals surface area contributed by atoms with Crippen molar-refractivity contribution < 1.29 is 0 Å². The van der Waals surface area contributed by atoms with Gasteiger partial charge in [-0.1, -0.05) is 0 Å². The average Bonchev–Trinajstić information content (AvgIpc) is 3.01. The van der Waals surface area contributed by atoms with Crippen molar-refractivity contribution in [2.45, 2.75) is 6.92 Å². The van der Waals surface area contributed by atoms with Crippen molar-refractivity contribution in [3.8, 4) is 15.6 Å². The fraction of sp³-hybridized carbons (Fsp3) is 0.0833. The molecular formula is C12H10N4OS. The summed E-state index contributed by atoms with van der Waals surface area (Å²) in [6.07, 6.45) is 3.63. The number of aryl methyl sites for hydroxylation is 1. The van der Waals surface area contributed by atoms with Crippen molar-refractivity contribution in [2.75, 3.05) is 0 Å². The summed E-state index contributed by atoms with van der Waals surface area (Å²) >= 11 is 1.57. The van der Waals surface area contributed by atoms with Gasteiger partial charge in [0.2, 0.25) is 0 Å². The maximum Gasteiger partial charge on any atom is 0.267 e. The minimum Gasteiger partial charge on any atom is -0.268 e. The molecule has 3 heterocycles. The lowest BCUT2D eigenvalue weighted by Gasteiger charge is -1.97. The SMILES string of the molecule is Cc1cc(-c2ccc(-n3cccn3)s2)n[nH]c1=O.